The fourth-order valence-corrected chi connectivity index (χ4v) is 1.64. The Morgan fingerprint density at radius 3 is 2.78 bits per heavy atom. The first-order valence-electron chi connectivity index (χ1n) is 3.70. The third kappa shape index (κ3) is 1.71. The molecule has 1 aliphatic rings. The highest BCUT2D eigenvalue weighted by molar-refractivity contribution is 4.81. The molecule has 1 saturated carbocycles. The molecule has 0 spiro atoms. The van der Waals surface area contributed by atoms with E-state index in [2.05, 4.69) is 13.0 Å². The highest BCUT2D eigenvalue weighted by atomic mass is 14.3. The maximum atomic E-state index is 8.36. The highest BCUT2D eigenvalue weighted by Crippen LogP contribution is 2.31. The summed E-state index contributed by atoms with van der Waals surface area (Å²) in [5.74, 6) is 1.60. The second kappa shape index (κ2) is 2.87. The Morgan fingerprint density at radius 2 is 2.33 bits per heavy atom. The number of hydrogen-bond acceptors (Lipinski definition) is 1. The van der Waals surface area contributed by atoms with Gasteiger partial charge in [-0.3, -0.25) is 0 Å². The SMILES string of the molecule is CC1CCC(CC#N)C1. The summed E-state index contributed by atoms with van der Waals surface area (Å²) in [6.07, 6.45) is 4.69. The van der Waals surface area contributed by atoms with Gasteiger partial charge in [-0.2, -0.15) is 5.26 Å². The van der Waals surface area contributed by atoms with E-state index in [-0.39, 0.29) is 0 Å². The zero-order valence-electron chi connectivity index (χ0n) is 5.93. The van der Waals surface area contributed by atoms with Crippen LogP contribution >= 0.6 is 0 Å². The fraction of sp³-hybridized carbons (Fsp3) is 0.875. The highest BCUT2D eigenvalue weighted by Gasteiger charge is 2.20. The molecule has 0 saturated heterocycles. The molecular formula is C8H13N. The molecule has 0 heterocycles. The molecule has 1 heteroatoms. The maximum Gasteiger partial charge on any atom is 0.0624 e. The molecule has 1 fully saturated rings. The molecule has 0 aliphatic heterocycles. The van der Waals surface area contributed by atoms with Crippen molar-refractivity contribution in [3.8, 4) is 6.07 Å². The Hall–Kier alpha value is -0.510. The third-order valence-electron chi connectivity index (χ3n) is 2.18. The normalized spacial score (nSPS) is 34.2. The lowest BCUT2D eigenvalue weighted by molar-refractivity contribution is 0.525. The fourth-order valence-electron chi connectivity index (χ4n) is 1.64. The van der Waals surface area contributed by atoms with E-state index >= 15 is 0 Å². The second-order valence-electron chi connectivity index (χ2n) is 3.15. The van der Waals surface area contributed by atoms with Gasteiger partial charge in [0, 0.05) is 6.42 Å². The van der Waals surface area contributed by atoms with Gasteiger partial charge in [0.1, 0.15) is 0 Å². The molecule has 0 radical (unpaired) electrons. The van der Waals surface area contributed by atoms with Crippen LogP contribution in [0.15, 0.2) is 0 Å². The quantitative estimate of drug-likeness (QED) is 0.525. The molecule has 2 unspecified atom stereocenters. The van der Waals surface area contributed by atoms with Crippen LogP contribution in [-0.2, 0) is 0 Å². The second-order valence-corrected chi connectivity index (χ2v) is 3.15. The summed E-state index contributed by atoms with van der Waals surface area (Å²) < 4.78 is 0. The topological polar surface area (TPSA) is 23.8 Å². The third-order valence-corrected chi connectivity index (χ3v) is 2.18. The molecular weight excluding hydrogens is 110 g/mol. The van der Waals surface area contributed by atoms with Crippen molar-refractivity contribution in [1.29, 1.82) is 5.26 Å². The summed E-state index contributed by atoms with van der Waals surface area (Å²) in [6.45, 7) is 2.28. The first kappa shape index (κ1) is 6.61. The molecule has 0 aromatic heterocycles. The van der Waals surface area contributed by atoms with Gasteiger partial charge >= 0.3 is 0 Å². The van der Waals surface area contributed by atoms with Gasteiger partial charge in [0.05, 0.1) is 6.07 Å². The van der Waals surface area contributed by atoms with E-state index < -0.39 is 0 Å². The van der Waals surface area contributed by atoms with Crippen LogP contribution in [0.3, 0.4) is 0 Å². The smallest absolute Gasteiger partial charge is 0.0624 e. The zero-order valence-corrected chi connectivity index (χ0v) is 5.93. The van der Waals surface area contributed by atoms with E-state index in [1.165, 1.54) is 19.3 Å². The maximum absolute atomic E-state index is 8.36. The first-order chi connectivity index (χ1) is 4.33. The van der Waals surface area contributed by atoms with Gasteiger partial charge in [-0.25, -0.2) is 0 Å². The van der Waals surface area contributed by atoms with E-state index in [4.69, 9.17) is 5.26 Å². The van der Waals surface area contributed by atoms with Gasteiger partial charge in [-0.1, -0.05) is 13.3 Å². The van der Waals surface area contributed by atoms with Crippen molar-refractivity contribution in [2.45, 2.75) is 32.6 Å². The van der Waals surface area contributed by atoms with Crippen molar-refractivity contribution in [2.75, 3.05) is 0 Å². The van der Waals surface area contributed by atoms with Crippen LogP contribution in [0.5, 0.6) is 0 Å². The largest absolute Gasteiger partial charge is 0.198 e. The average molecular weight is 123 g/mol. The van der Waals surface area contributed by atoms with E-state index in [0.29, 0.717) is 0 Å². The minimum Gasteiger partial charge on any atom is -0.198 e. The summed E-state index contributed by atoms with van der Waals surface area (Å²) in [7, 11) is 0. The van der Waals surface area contributed by atoms with Crippen molar-refractivity contribution in [3.05, 3.63) is 0 Å². The van der Waals surface area contributed by atoms with Gasteiger partial charge in [-0.05, 0) is 24.7 Å². The minimum atomic E-state index is 0.727. The number of nitriles is 1. The monoisotopic (exact) mass is 123 g/mol. The minimum absolute atomic E-state index is 0.727. The Balaban J connectivity index is 2.24. The molecule has 0 bridgehead atoms. The predicted molar refractivity (Wildman–Crippen MR) is 36.7 cm³/mol. The average Bonchev–Trinajstić information content (AvgIpc) is 2.17. The van der Waals surface area contributed by atoms with Crippen LogP contribution in [0.4, 0.5) is 0 Å². The van der Waals surface area contributed by atoms with E-state index in [1.54, 1.807) is 0 Å². The standard InChI is InChI=1S/C8H13N/c1-7-2-3-8(6-7)4-5-9/h7-8H,2-4,6H2,1H3. The van der Waals surface area contributed by atoms with Crippen LogP contribution in [0.2, 0.25) is 0 Å². The molecule has 50 valence electrons. The van der Waals surface area contributed by atoms with E-state index in [0.717, 1.165) is 18.3 Å². The Kier molecular flexibility index (Phi) is 2.10. The predicted octanol–water partition coefficient (Wildman–Crippen LogP) is 2.34. The Bertz CT molecular complexity index is 123. The summed E-state index contributed by atoms with van der Waals surface area (Å²) >= 11 is 0. The number of hydrogen-bond donors (Lipinski definition) is 0. The van der Waals surface area contributed by atoms with Crippen molar-refractivity contribution in [1.82, 2.24) is 0 Å². The van der Waals surface area contributed by atoms with Crippen molar-refractivity contribution in [2.24, 2.45) is 11.8 Å². The van der Waals surface area contributed by atoms with Crippen LogP contribution in [0, 0.1) is 23.2 Å². The molecule has 1 aliphatic carbocycles. The molecule has 0 amide bonds. The number of rotatable bonds is 1. The lowest BCUT2D eigenvalue weighted by atomic mass is 10.0. The van der Waals surface area contributed by atoms with Gasteiger partial charge in [0.25, 0.3) is 0 Å². The van der Waals surface area contributed by atoms with Crippen molar-refractivity contribution < 1.29 is 0 Å². The zero-order chi connectivity index (χ0) is 6.69. The van der Waals surface area contributed by atoms with Crippen LogP contribution in [0.25, 0.3) is 0 Å². The lowest BCUT2D eigenvalue weighted by Gasteiger charge is -2.00. The molecule has 0 N–H and O–H groups in total. The summed E-state index contributed by atoms with van der Waals surface area (Å²) in [4.78, 5) is 0. The Morgan fingerprint density at radius 1 is 1.56 bits per heavy atom. The molecule has 0 aromatic rings. The van der Waals surface area contributed by atoms with Gasteiger partial charge < -0.3 is 0 Å². The summed E-state index contributed by atoms with van der Waals surface area (Å²) in [6, 6.07) is 2.23. The molecule has 1 nitrogen and oxygen atoms in total. The van der Waals surface area contributed by atoms with Gasteiger partial charge in [-0.15, -0.1) is 0 Å². The molecule has 2 atom stereocenters. The Labute approximate surface area is 56.7 Å². The van der Waals surface area contributed by atoms with Gasteiger partial charge in [0.15, 0.2) is 0 Å². The molecule has 1 rings (SSSR count). The number of nitrogens with zero attached hydrogens (tertiary/aromatic N) is 1. The van der Waals surface area contributed by atoms with Crippen molar-refractivity contribution >= 4 is 0 Å². The van der Waals surface area contributed by atoms with Crippen LogP contribution in [-0.4, -0.2) is 0 Å². The van der Waals surface area contributed by atoms with E-state index in [9.17, 15) is 0 Å². The summed E-state index contributed by atoms with van der Waals surface area (Å²) in [5, 5.41) is 8.36. The van der Waals surface area contributed by atoms with E-state index in [1.807, 2.05) is 0 Å². The van der Waals surface area contributed by atoms with Gasteiger partial charge in [0.2, 0.25) is 0 Å². The lowest BCUT2D eigenvalue weighted by Crippen LogP contribution is -1.91. The first-order valence-corrected chi connectivity index (χ1v) is 3.70. The summed E-state index contributed by atoms with van der Waals surface area (Å²) in [5.41, 5.74) is 0. The van der Waals surface area contributed by atoms with Crippen molar-refractivity contribution in [3.63, 3.8) is 0 Å². The molecule has 0 aromatic carbocycles. The van der Waals surface area contributed by atoms with Crippen LogP contribution in [0.1, 0.15) is 32.6 Å². The van der Waals surface area contributed by atoms with Crippen LogP contribution < -0.4 is 0 Å². The molecule has 9 heavy (non-hydrogen) atoms.